The number of aliphatic hydroxyl groups is 1. The van der Waals surface area contributed by atoms with Crippen LogP contribution in [0.3, 0.4) is 0 Å². The Kier molecular flexibility index (Phi) is 13.3. The molecular formula is C26H43N3O6. The second kappa shape index (κ2) is 15.3. The van der Waals surface area contributed by atoms with Gasteiger partial charge < -0.3 is 25.8 Å². The zero-order chi connectivity index (χ0) is 26.5. The van der Waals surface area contributed by atoms with Gasteiger partial charge in [0.2, 0.25) is 11.8 Å². The Morgan fingerprint density at radius 3 is 2.29 bits per heavy atom. The molecule has 0 fully saturated rings. The number of nitrogens with one attached hydrogen (secondary N) is 3. The van der Waals surface area contributed by atoms with Gasteiger partial charge in [-0.2, -0.15) is 0 Å². The number of amides is 3. The lowest BCUT2D eigenvalue weighted by Crippen LogP contribution is -2.54. The summed E-state index contributed by atoms with van der Waals surface area (Å²) in [5.41, 5.74) is 0.138. The van der Waals surface area contributed by atoms with Gasteiger partial charge in [0.15, 0.2) is 6.10 Å². The lowest BCUT2D eigenvalue weighted by molar-refractivity contribution is -0.164. The molecule has 5 atom stereocenters. The first kappa shape index (κ1) is 30.4. The molecule has 4 N–H and O–H groups in total. The van der Waals surface area contributed by atoms with Crippen LogP contribution in [-0.4, -0.2) is 53.6 Å². The van der Waals surface area contributed by atoms with Gasteiger partial charge in [0.1, 0.15) is 12.1 Å². The third-order valence-electron chi connectivity index (χ3n) is 6.29. The third-order valence-corrected chi connectivity index (χ3v) is 6.29. The molecule has 0 saturated carbocycles. The number of unbranched alkanes of at least 4 members (excludes halogenated alkanes) is 3. The Labute approximate surface area is 209 Å². The average molecular weight is 494 g/mol. The molecule has 0 bridgehead atoms. The first-order valence-electron chi connectivity index (χ1n) is 12.6. The van der Waals surface area contributed by atoms with Gasteiger partial charge >= 0.3 is 5.97 Å². The predicted molar refractivity (Wildman–Crippen MR) is 134 cm³/mol. The fourth-order valence-corrected chi connectivity index (χ4v) is 4.07. The molecule has 0 spiro atoms. The van der Waals surface area contributed by atoms with E-state index >= 15 is 0 Å². The molecule has 1 aliphatic heterocycles. The molecule has 0 aromatic rings. The zero-order valence-corrected chi connectivity index (χ0v) is 21.8. The molecule has 0 aromatic carbocycles. The Morgan fingerprint density at radius 1 is 1.00 bits per heavy atom. The highest BCUT2D eigenvalue weighted by atomic mass is 16.6. The van der Waals surface area contributed by atoms with Gasteiger partial charge in [-0.1, -0.05) is 66.4 Å². The van der Waals surface area contributed by atoms with E-state index in [1.807, 2.05) is 6.92 Å². The van der Waals surface area contributed by atoms with Crippen molar-refractivity contribution >= 4 is 23.7 Å². The van der Waals surface area contributed by atoms with Crippen LogP contribution in [-0.2, 0) is 23.9 Å². The second-order valence-electron chi connectivity index (χ2n) is 9.67. The molecular weight excluding hydrogens is 450 g/mol. The Balaban J connectivity index is 3.32. The first-order valence-corrected chi connectivity index (χ1v) is 12.6. The quantitative estimate of drug-likeness (QED) is 0.273. The van der Waals surface area contributed by atoms with Gasteiger partial charge in [-0.25, -0.2) is 4.79 Å². The van der Waals surface area contributed by atoms with E-state index in [1.165, 1.54) is 19.1 Å². The topological polar surface area (TPSA) is 134 Å². The summed E-state index contributed by atoms with van der Waals surface area (Å²) in [7, 11) is 0. The number of carbonyl (C=O) groups is 4. The fraction of sp³-hybridized carbons (Fsp3) is 0.692. The van der Waals surface area contributed by atoms with E-state index in [1.54, 1.807) is 13.8 Å². The lowest BCUT2D eigenvalue weighted by atomic mass is 9.82. The van der Waals surface area contributed by atoms with Crippen LogP contribution in [0.2, 0.25) is 0 Å². The van der Waals surface area contributed by atoms with Gasteiger partial charge in [0, 0.05) is 24.3 Å². The number of esters is 1. The minimum Gasteiger partial charge on any atom is -0.450 e. The van der Waals surface area contributed by atoms with Gasteiger partial charge in [0.05, 0.1) is 0 Å². The average Bonchev–Trinajstić information content (AvgIpc) is 2.79. The molecule has 3 amide bonds. The SMILES string of the molecule is C=C1/C=C/C(=O)N[C@H](C)C(=O)N[C@@H](C(C)C)C(=O)OC(C(CCO)C(C)CCCCCC)C(=O)N1. The summed E-state index contributed by atoms with van der Waals surface area (Å²) in [6, 6.07) is -1.92. The molecule has 0 aliphatic carbocycles. The number of aliphatic hydroxyl groups excluding tert-OH is 1. The van der Waals surface area contributed by atoms with Gasteiger partial charge in [-0.3, -0.25) is 14.4 Å². The highest BCUT2D eigenvalue weighted by molar-refractivity contribution is 5.95. The number of carbonyl (C=O) groups excluding carboxylic acids is 4. The van der Waals surface area contributed by atoms with E-state index in [2.05, 4.69) is 29.5 Å². The van der Waals surface area contributed by atoms with Crippen molar-refractivity contribution in [1.29, 1.82) is 0 Å². The van der Waals surface area contributed by atoms with E-state index in [0.29, 0.717) is 0 Å². The van der Waals surface area contributed by atoms with Crippen LogP contribution in [0.25, 0.3) is 0 Å². The Morgan fingerprint density at radius 2 is 1.69 bits per heavy atom. The first-order chi connectivity index (χ1) is 16.5. The van der Waals surface area contributed by atoms with Crippen molar-refractivity contribution in [2.75, 3.05) is 6.61 Å². The summed E-state index contributed by atoms with van der Waals surface area (Å²) in [4.78, 5) is 51.3. The zero-order valence-electron chi connectivity index (χ0n) is 21.8. The van der Waals surface area contributed by atoms with Crippen molar-refractivity contribution in [3.8, 4) is 0 Å². The standard InChI is InChI=1S/C26H43N3O6/c1-7-8-9-10-11-17(4)20(14-15-30)23-25(33)27-18(5)12-13-21(31)28-19(6)24(32)29-22(16(2)3)26(34)35-23/h12-13,16-17,19-20,22-23,30H,5,7-11,14-15H2,1-4,6H3,(H,27,33)(H,28,31)(H,29,32)/b13-12+/t17?,19-,20?,22+,23?/m1/s1. The minimum atomic E-state index is -1.20. The number of hydrogen-bond acceptors (Lipinski definition) is 6. The van der Waals surface area contributed by atoms with Crippen molar-refractivity contribution in [3.05, 3.63) is 24.4 Å². The number of allylic oxidation sites excluding steroid dienone is 1. The van der Waals surface area contributed by atoms with Crippen LogP contribution in [0.5, 0.6) is 0 Å². The highest BCUT2D eigenvalue weighted by Crippen LogP contribution is 2.28. The lowest BCUT2D eigenvalue weighted by Gasteiger charge is -2.32. The van der Waals surface area contributed by atoms with Crippen molar-refractivity contribution < 1.29 is 29.0 Å². The molecule has 9 nitrogen and oxygen atoms in total. The van der Waals surface area contributed by atoms with Gasteiger partial charge in [0.25, 0.3) is 5.91 Å². The maximum Gasteiger partial charge on any atom is 0.329 e. The molecule has 1 aliphatic rings. The molecule has 198 valence electrons. The molecule has 9 heteroatoms. The summed E-state index contributed by atoms with van der Waals surface area (Å²) >= 11 is 0. The maximum absolute atomic E-state index is 13.3. The van der Waals surface area contributed by atoms with Crippen LogP contribution in [0, 0.1) is 17.8 Å². The maximum atomic E-state index is 13.3. The van der Waals surface area contributed by atoms with Crippen molar-refractivity contribution in [2.24, 2.45) is 17.8 Å². The summed E-state index contributed by atoms with van der Waals surface area (Å²) in [6.45, 7) is 12.7. The number of hydrogen-bond donors (Lipinski definition) is 4. The van der Waals surface area contributed by atoms with E-state index in [-0.39, 0.29) is 30.6 Å². The molecule has 0 aromatic heterocycles. The van der Waals surface area contributed by atoms with Crippen LogP contribution in [0.15, 0.2) is 24.4 Å². The summed E-state index contributed by atoms with van der Waals surface area (Å²) in [6.07, 6.45) is 6.60. The summed E-state index contributed by atoms with van der Waals surface area (Å²) in [5, 5.41) is 17.5. The predicted octanol–water partition coefficient (Wildman–Crippen LogP) is 2.35. The van der Waals surface area contributed by atoms with Crippen LogP contribution < -0.4 is 16.0 Å². The molecule has 0 saturated heterocycles. The van der Waals surface area contributed by atoms with Crippen molar-refractivity contribution in [2.45, 2.75) is 91.3 Å². The van der Waals surface area contributed by atoms with E-state index < -0.39 is 47.8 Å². The van der Waals surface area contributed by atoms with Crippen molar-refractivity contribution in [1.82, 2.24) is 16.0 Å². The van der Waals surface area contributed by atoms with E-state index in [4.69, 9.17) is 4.74 Å². The van der Waals surface area contributed by atoms with Crippen LogP contribution in [0.1, 0.15) is 73.1 Å². The van der Waals surface area contributed by atoms with Gasteiger partial charge in [-0.15, -0.1) is 0 Å². The van der Waals surface area contributed by atoms with E-state index in [0.717, 1.165) is 32.1 Å². The number of cyclic esters (lactones) is 1. The second-order valence-corrected chi connectivity index (χ2v) is 9.67. The van der Waals surface area contributed by atoms with Crippen LogP contribution >= 0.6 is 0 Å². The largest absolute Gasteiger partial charge is 0.450 e. The minimum absolute atomic E-state index is 0.0110. The molecule has 0 radical (unpaired) electrons. The summed E-state index contributed by atoms with van der Waals surface area (Å²) < 4.78 is 5.77. The third kappa shape index (κ3) is 10.2. The normalized spacial score (nSPS) is 25.1. The van der Waals surface area contributed by atoms with Crippen molar-refractivity contribution in [3.63, 3.8) is 0 Å². The molecule has 1 rings (SSSR count). The van der Waals surface area contributed by atoms with E-state index in [9.17, 15) is 24.3 Å². The number of ether oxygens (including phenoxy) is 1. The van der Waals surface area contributed by atoms with Crippen LogP contribution in [0.4, 0.5) is 0 Å². The molecule has 1 heterocycles. The Bertz CT molecular complexity index is 779. The molecule has 35 heavy (non-hydrogen) atoms. The van der Waals surface area contributed by atoms with Gasteiger partial charge in [-0.05, 0) is 31.3 Å². The number of rotatable bonds is 10. The smallest absolute Gasteiger partial charge is 0.329 e. The fourth-order valence-electron chi connectivity index (χ4n) is 4.07. The highest BCUT2D eigenvalue weighted by Gasteiger charge is 2.38. The monoisotopic (exact) mass is 493 g/mol. The molecule has 3 unspecified atom stereocenters. The Hall–Kier alpha value is -2.68. The summed E-state index contributed by atoms with van der Waals surface area (Å²) in [5.74, 6) is -3.21.